The van der Waals surface area contributed by atoms with Crippen LogP contribution in [-0.2, 0) is 9.53 Å². The van der Waals surface area contributed by atoms with Crippen LogP contribution < -0.4 is 0 Å². The van der Waals surface area contributed by atoms with Crippen LogP contribution >= 0.6 is 21.6 Å². The van der Waals surface area contributed by atoms with Crippen molar-refractivity contribution in [3.8, 4) is 0 Å². The Morgan fingerprint density at radius 2 is 0.931 bits per heavy atom. The topological polar surface area (TPSA) is 46.5 Å². The van der Waals surface area contributed by atoms with Crippen molar-refractivity contribution < 1.29 is 14.6 Å². The van der Waals surface area contributed by atoms with Crippen LogP contribution in [0.5, 0.6) is 0 Å². The number of hydrogen-bond donors (Lipinski definition) is 1. The summed E-state index contributed by atoms with van der Waals surface area (Å²) >= 11 is 0. The van der Waals surface area contributed by atoms with Gasteiger partial charge in [-0.3, -0.25) is 4.79 Å². The van der Waals surface area contributed by atoms with Gasteiger partial charge in [0.2, 0.25) is 0 Å². The average molecular weight is 449 g/mol. The van der Waals surface area contributed by atoms with Gasteiger partial charge in [0.1, 0.15) is 0 Å². The number of aliphatic hydroxyl groups excluding tert-OH is 1. The molecule has 3 nitrogen and oxygen atoms in total. The normalized spacial score (nSPS) is 11.1. The molecule has 0 aromatic carbocycles. The maximum absolute atomic E-state index is 10.6. The molecule has 0 aromatic rings. The number of hydrogen-bond acceptors (Lipinski definition) is 5. The molecule has 0 aliphatic carbocycles. The number of carbonyl (C=O) groups excluding carboxylic acids is 1. The molecule has 0 bridgehead atoms. The third kappa shape index (κ3) is 28.1. The summed E-state index contributed by atoms with van der Waals surface area (Å²) in [5, 5.41) is 8.74. The second kappa shape index (κ2) is 26.2. The zero-order valence-corrected chi connectivity index (χ0v) is 20.8. The Balaban J connectivity index is 2.99. The van der Waals surface area contributed by atoms with Crippen molar-refractivity contribution in [1.29, 1.82) is 0 Å². The fraction of sp³-hybridized carbons (Fsp3) is 0.958. The van der Waals surface area contributed by atoms with E-state index in [1.165, 1.54) is 121 Å². The van der Waals surface area contributed by atoms with E-state index in [-0.39, 0.29) is 5.97 Å². The third-order valence-corrected chi connectivity index (χ3v) is 7.72. The minimum Gasteiger partial charge on any atom is -0.466 e. The van der Waals surface area contributed by atoms with Crippen LogP contribution in [0.2, 0.25) is 0 Å². The van der Waals surface area contributed by atoms with Crippen LogP contribution in [0, 0.1) is 0 Å². The SMILES string of the molecule is CC(=O)OCCCCCCCCCCCSSCCCCCCCCCCCO. The van der Waals surface area contributed by atoms with Gasteiger partial charge >= 0.3 is 5.97 Å². The van der Waals surface area contributed by atoms with Crippen LogP contribution in [-0.4, -0.2) is 35.8 Å². The van der Waals surface area contributed by atoms with E-state index in [0.717, 1.165) is 12.8 Å². The first kappa shape index (κ1) is 29.1. The Morgan fingerprint density at radius 1 is 0.586 bits per heavy atom. The van der Waals surface area contributed by atoms with Crippen molar-refractivity contribution >= 4 is 27.6 Å². The molecule has 29 heavy (non-hydrogen) atoms. The predicted octanol–water partition coefficient (Wildman–Crippen LogP) is 7.95. The highest BCUT2D eigenvalue weighted by Gasteiger charge is 1.97. The first-order valence-electron chi connectivity index (χ1n) is 12.3. The zero-order chi connectivity index (χ0) is 21.3. The van der Waals surface area contributed by atoms with Crippen LogP contribution in [0.1, 0.15) is 122 Å². The Kier molecular flexibility index (Phi) is 26.3. The van der Waals surface area contributed by atoms with E-state index in [1.54, 1.807) is 0 Å². The number of unbranched alkanes of at least 4 members (excludes halogenated alkanes) is 16. The van der Waals surface area contributed by atoms with Gasteiger partial charge in [-0.15, -0.1) is 0 Å². The molecule has 0 saturated heterocycles. The van der Waals surface area contributed by atoms with E-state index in [1.807, 2.05) is 0 Å². The standard InChI is InChI=1S/C24H48O3S2/c1-24(26)27-21-17-13-9-5-3-7-11-15-19-23-29-28-22-18-14-10-6-2-4-8-12-16-20-25/h25H,2-23H2,1H3. The fourth-order valence-corrected chi connectivity index (χ4v) is 5.64. The van der Waals surface area contributed by atoms with E-state index in [0.29, 0.717) is 13.2 Å². The summed E-state index contributed by atoms with van der Waals surface area (Å²) in [6.07, 6.45) is 23.5. The number of esters is 1. The molecule has 0 fully saturated rings. The molecule has 1 N–H and O–H groups in total. The second-order valence-corrected chi connectivity index (χ2v) is 10.8. The molecular weight excluding hydrogens is 400 g/mol. The van der Waals surface area contributed by atoms with Crippen molar-refractivity contribution in [2.75, 3.05) is 24.7 Å². The summed E-state index contributed by atoms with van der Waals surface area (Å²) in [7, 11) is 4.15. The highest BCUT2D eigenvalue weighted by molar-refractivity contribution is 8.76. The van der Waals surface area contributed by atoms with Crippen molar-refractivity contribution in [3.05, 3.63) is 0 Å². The van der Waals surface area contributed by atoms with Crippen LogP contribution in [0.4, 0.5) is 0 Å². The largest absolute Gasteiger partial charge is 0.466 e. The van der Waals surface area contributed by atoms with Crippen LogP contribution in [0.15, 0.2) is 0 Å². The van der Waals surface area contributed by atoms with Crippen molar-refractivity contribution in [2.24, 2.45) is 0 Å². The van der Waals surface area contributed by atoms with E-state index in [2.05, 4.69) is 21.6 Å². The van der Waals surface area contributed by atoms with Gasteiger partial charge in [-0.1, -0.05) is 111 Å². The molecule has 0 rings (SSSR count). The Bertz CT molecular complexity index is 327. The van der Waals surface area contributed by atoms with E-state index >= 15 is 0 Å². The van der Waals surface area contributed by atoms with Crippen molar-refractivity contribution in [1.82, 2.24) is 0 Å². The molecule has 174 valence electrons. The molecule has 0 unspecified atom stereocenters. The molecule has 0 radical (unpaired) electrons. The van der Waals surface area contributed by atoms with Gasteiger partial charge in [-0.05, 0) is 25.7 Å². The molecule has 0 heterocycles. The summed E-state index contributed by atoms with van der Waals surface area (Å²) in [6.45, 7) is 2.43. The highest BCUT2D eigenvalue weighted by Crippen LogP contribution is 2.25. The molecule has 0 atom stereocenters. The van der Waals surface area contributed by atoms with Gasteiger partial charge in [-0.2, -0.15) is 0 Å². The van der Waals surface area contributed by atoms with Gasteiger partial charge in [0.25, 0.3) is 0 Å². The third-order valence-electron chi connectivity index (χ3n) is 5.15. The summed E-state index contributed by atoms with van der Waals surface area (Å²) in [5.41, 5.74) is 0. The second-order valence-electron chi connectivity index (χ2n) is 8.07. The molecular formula is C24H48O3S2. The predicted molar refractivity (Wildman–Crippen MR) is 132 cm³/mol. The minimum atomic E-state index is -0.158. The van der Waals surface area contributed by atoms with Gasteiger partial charge in [0.05, 0.1) is 6.61 Å². The molecule has 0 saturated carbocycles. The van der Waals surface area contributed by atoms with Crippen molar-refractivity contribution in [3.63, 3.8) is 0 Å². The smallest absolute Gasteiger partial charge is 0.302 e. The van der Waals surface area contributed by atoms with E-state index in [4.69, 9.17) is 9.84 Å². The first-order chi connectivity index (χ1) is 14.3. The first-order valence-corrected chi connectivity index (χ1v) is 14.7. The van der Waals surface area contributed by atoms with Gasteiger partial charge in [-0.25, -0.2) is 0 Å². The molecule has 0 aliphatic heterocycles. The summed E-state index contributed by atoms with van der Waals surface area (Å²) in [6, 6.07) is 0. The number of carbonyl (C=O) groups is 1. The maximum atomic E-state index is 10.6. The highest BCUT2D eigenvalue weighted by atomic mass is 33.1. The lowest BCUT2D eigenvalue weighted by Crippen LogP contribution is -2.00. The zero-order valence-electron chi connectivity index (χ0n) is 19.1. The molecule has 0 spiro atoms. The van der Waals surface area contributed by atoms with Gasteiger partial charge < -0.3 is 9.84 Å². The van der Waals surface area contributed by atoms with Gasteiger partial charge in [0, 0.05) is 25.0 Å². The summed E-state index contributed by atoms with van der Waals surface area (Å²) in [4.78, 5) is 10.6. The average Bonchev–Trinajstić information content (AvgIpc) is 2.71. The minimum absolute atomic E-state index is 0.158. The maximum Gasteiger partial charge on any atom is 0.302 e. The summed E-state index contributed by atoms with van der Waals surface area (Å²) in [5.74, 6) is 2.47. The van der Waals surface area contributed by atoms with Crippen LogP contribution in [0.3, 0.4) is 0 Å². The molecule has 0 aliphatic rings. The monoisotopic (exact) mass is 448 g/mol. The van der Waals surface area contributed by atoms with E-state index in [9.17, 15) is 4.79 Å². The fourth-order valence-electron chi connectivity index (χ4n) is 3.34. The Hall–Kier alpha value is 0.130. The lowest BCUT2D eigenvalue weighted by Gasteiger charge is -2.04. The van der Waals surface area contributed by atoms with Crippen molar-refractivity contribution in [2.45, 2.75) is 122 Å². The molecule has 5 heteroatoms. The summed E-state index contributed by atoms with van der Waals surface area (Å²) < 4.78 is 4.94. The quantitative estimate of drug-likeness (QED) is 0.0922. The van der Waals surface area contributed by atoms with Crippen LogP contribution in [0.25, 0.3) is 0 Å². The lowest BCUT2D eigenvalue weighted by atomic mass is 10.1. The Labute approximate surface area is 189 Å². The Morgan fingerprint density at radius 3 is 1.31 bits per heavy atom. The number of ether oxygens (including phenoxy) is 1. The molecule has 0 aromatic heterocycles. The van der Waals surface area contributed by atoms with E-state index < -0.39 is 0 Å². The molecule has 0 amide bonds. The number of aliphatic hydroxyl groups is 1. The number of rotatable bonds is 24. The lowest BCUT2D eigenvalue weighted by molar-refractivity contribution is -0.141. The van der Waals surface area contributed by atoms with Gasteiger partial charge in [0.15, 0.2) is 0 Å².